The lowest BCUT2D eigenvalue weighted by molar-refractivity contribution is 0.0169. The van der Waals surface area contributed by atoms with Crippen LogP contribution in [0.15, 0.2) is 23.2 Å². The molecule has 5 nitrogen and oxygen atoms in total. The lowest BCUT2D eigenvalue weighted by Gasteiger charge is -2.24. The van der Waals surface area contributed by atoms with Crippen LogP contribution in [-0.4, -0.2) is 51.3 Å². The van der Waals surface area contributed by atoms with Crippen LogP contribution in [0.4, 0.5) is 4.39 Å². The Bertz CT molecular complexity index is 621. The number of hydrogen-bond donors (Lipinski definition) is 2. The Morgan fingerprint density at radius 1 is 1.28 bits per heavy atom. The van der Waals surface area contributed by atoms with Crippen molar-refractivity contribution in [3.05, 3.63) is 35.1 Å². The van der Waals surface area contributed by atoms with Crippen LogP contribution in [0.5, 0.6) is 0 Å². The molecule has 0 radical (unpaired) electrons. The minimum absolute atomic E-state index is 0. The van der Waals surface area contributed by atoms with Gasteiger partial charge >= 0.3 is 0 Å². The predicted molar refractivity (Wildman–Crippen MR) is 129 cm³/mol. The first kappa shape index (κ1) is 26.1. The van der Waals surface area contributed by atoms with Gasteiger partial charge in [0.25, 0.3) is 0 Å². The molecular formula is C22H38FIN4O. The van der Waals surface area contributed by atoms with Gasteiger partial charge in [0.05, 0.1) is 6.10 Å². The van der Waals surface area contributed by atoms with Crippen LogP contribution in [0.3, 0.4) is 0 Å². The lowest BCUT2D eigenvalue weighted by Crippen LogP contribution is -2.39. The molecule has 1 aromatic rings. The van der Waals surface area contributed by atoms with E-state index in [0.29, 0.717) is 30.7 Å². The molecule has 0 amide bonds. The molecule has 0 bridgehead atoms. The third-order valence-electron chi connectivity index (χ3n) is 5.31. The molecule has 1 aliphatic carbocycles. The quantitative estimate of drug-likeness (QED) is 0.277. The van der Waals surface area contributed by atoms with Crippen molar-refractivity contribution in [1.29, 1.82) is 0 Å². The van der Waals surface area contributed by atoms with Crippen LogP contribution in [0, 0.1) is 11.7 Å². The summed E-state index contributed by atoms with van der Waals surface area (Å²) in [5, 5.41) is 6.71. The van der Waals surface area contributed by atoms with Crippen molar-refractivity contribution in [2.24, 2.45) is 10.9 Å². The van der Waals surface area contributed by atoms with Gasteiger partial charge in [-0.1, -0.05) is 18.9 Å². The van der Waals surface area contributed by atoms with E-state index in [9.17, 15) is 4.39 Å². The summed E-state index contributed by atoms with van der Waals surface area (Å²) in [7, 11) is 5.66. The Balaban J connectivity index is 0.00000420. The highest BCUT2D eigenvalue weighted by molar-refractivity contribution is 14.0. The number of aliphatic imine (C=N–C) groups is 1. The van der Waals surface area contributed by atoms with Crippen LogP contribution in [0.25, 0.3) is 0 Å². The van der Waals surface area contributed by atoms with Crippen molar-refractivity contribution in [3.63, 3.8) is 0 Å². The highest BCUT2D eigenvalue weighted by Crippen LogP contribution is 2.30. The second-order valence-corrected chi connectivity index (χ2v) is 7.84. The first-order valence-electron chi connectivity index (χ1n) is 10.5. The molecule has 0 aliphatic heterocycles. The average Bonchev–Trinajstić information content (AvgIpc) is 3.20. The largest absolute Gasteiger partial charge is 0.378 e. The lowest BCUT2D eigenvalue weighted by atomic mass is 9.98. The van der Waals surface area contributed by atoms with Gasteiger partial charge in [-0.05, 0) is 63.9 Å². The first-order chi connectivity index (χ1) is 13.5. The Kier molecular flexibility index (Phi) is 12.7. The summed E-state index contributed by atoms with van der Waals surface area (Å²) in [5.74, 6) is 1.31. The maximum Gasteiger partial charge on any atom is 0.191 e. The third kappa shape index (κ3) is 9.17. The van der Waals surface area contributed by atoms with Gasteiger partial charge in [-0.15, -0.1) is 24.0 Å². The zero-order valence-corrected chi connectivity index (χ0v) is 20.7. The molecule has 1 saturated carbocycles. The van der Waals surface area contributed by atoms with Crippen LogP contribution in [0.1, 0.15) is 50.2 Å². The molecule has 166 valence electrons. The zero-order valence-electron chi connectivity index (χ0n) is 18.3. The second kappa shape index (κ2) is 14.1. The maximum atomic E-state index is 13.9. The normalized spacial score (nSPS) is 16.0. The fraction of sp³-hybridized carbons (Fsp3) is 0.682. The summed E-state index contributed by atoms with van der Waals surface area (Å²) in [4.78, 5) is 6.27. The van der Waals surface area contributed by atoms with E-state index < -0.39 is 0 Å². The Hall–Kier alpha value is -0.930. The van der Waals surface area contributed by atoms with Gasteiger partial charge in [0.2, 0.25) is 0 Å². The van der Waals surface area contributed by atoms with Crippen molar-refractivity contribution < 1.29 is 9.13 Å². The van der Waals surface area contributed by atoms with Gasteiger partial charge in [-0.25, -0.2) is 4.39 Å². The van der Waals surface area contributed by atoms with Gasteiger partial charge in [0.1, 0.15) is 5.82 Å². The monoisotopic (exact) mass is 520 g/mol. The van der Waals surface area contributed by atoms with Gasteiger partial charge in [0, 0.05) is 38.9 Å². The minimum atomic E-state index is -0.158. The highest BCUT2D eigenvalue weighted by Gasteiger charge is 2.25. The topological polar surface area (TPSA) is 48.9 Å². The summed E-state index contributed by atoms with van der Waals surface area (Å²) in [5.41, 5.74) is 1.75. The van der Waals surface area contributed by atoms with Crippen molar-refractivity contribution in [3.8, 4) is 0 Å². The Labute approximate surface area is 192 Å². The van der Waals surface area contributed by atoms with E-state index in [1.165, 1.54) is 25.7 Å². The molecule has 1 aliphatic rings. The van der Waals surface area contributed by atoms with Crippen molar-refractivity contribution in [2.75, 3.05) is 34.3 Å². The molecule has 0 spiro atoms. The van der Waals surface area contributed by atoms with Crippen molar-refractivity contribution >= 4 is 29.9 Å². The predicted octanol–water partition coefficient (Wildman–Crippen LogP) is 4.16. The number of rotatable bonds is 10. The number of nitrogens with zero attached hydrogens (tertiary/aromatic N) is 2. The van der Waals surface area contributed by atoms with Gasteiger partial charge in [0.15, 0.2) is 5.96 Å². The van der Waals surface area contributed by atoms with Crippen LogP contribution in [0.2, 0.25) is 0 Å². The standard InChI is InChI=1S/C22H37FN4O.HI/c1-5-28-21(18-8-6-7-9-18)12-13-25-22(24-2)26-15-17-10-11-20(23)19(14-17)16-27(3)4;/h10-11,14,18,21H,5-9,12-13,15-16H2,1-4H3,(H2,24,25,26);1H. The van der Waals surface area contributed by atoms with Gasteiger partial charge in [-0.2, -0.15) is 0 Å². The summed E-state index contributed by atoms with van der Waals surface area (Å²) < 4.78 is 19.9. The fourth-order valence-corrected chi connectivity index (χ4v) is 3.94. The molecule has 7 heteroatoms. The number of halogens is 2. The molecule has 2 rings (SSSR count). The van der Waals surface area contributed by atoms with Crippen LogP contribution in [-0.2, 0) is 17.8 Å². The molecule has 0 saturated heterocycles. The Morgan fingerprint density at radius 3 is 2.62 bits per heavy atom. The van der Waals surface area contributed by atoms with Crippen molar-refractivity contribution in [2.45, 2.75) is 58.2 Å². The van der Waals surface area contributed by atoms with E-state index in [-0.39, 0.29) is 29.8 Å². The van der Waals surface area contributed by atoms with E-state index >= 15 is 0 Å². The maximum absolute atomic E-state index is 13.9. The van der Waals surface area contributed by atoms with Crippen LogP contribution < -0.4 is 10.6 Å². The second-order valence-electron chi connectivity index (χ2n) is 7.84. The summed E-state index contributed by atoms with van der Waals surface area (Å²) in [6.07, 6.45) is 6.57. The number of nitrogens with one attached hydrogen (secondary N) is 2. The molecule has 1 fully saturated rings. The van der Waals surface area contributed by atoms with E-state index in [2.05, 4.69) is 22.5 Å². The van der Waals surface area contributed by atoms with E-state index in [0.717, 1.165) is 31.1 Å². The molecule has 2 N–H and O–H groups in total. The molecule has 1 unspecified atom stereocenters. The van der Waals surface area contributed by atoms with E-state index in [1.54, 1.807) is 13.1 Å². The Morgan fingerprint density at radius 2 is 2.00 bits per heavy atom. The summed E-state index contributed by atoms with van der Waals surface area (Å²) >= 11 is 0. The van der Waals surface area contributed by atoms with Crippen molar-refractivity contribution in [1.82, 2.24) is 15.5 Å². The van der Waals surface area contributed by atoms with Gasteiger partial charge in [-0.3, -0.25) is 4.99 Å². The third-order valence-corrected chi connectivity index (χ3v) is 5.31. The van der Waals surface area contributed by atoms with Crippen LogP contribution >= 0.6 is 24.0 Å². The number of ether oxygens (including phenoxy) is 1. The minimum Gasteiger partial charge on any atom is -0.378 e. The molecule has 0 heterocycles. The van der Waals surface area contributed by atoms with E-state index in [1.807, 2.05) is 31.1 Å². The highest BCUT2D eigenvalue weighted by atomic mass is 127. The number of benzene rings is 1. The zero-order chi connectivity index (χ0) is 20.4. The SMILES string of the molecule is CCOC(CCNC(=NC)NCc1ccc(F)c(CN(C)C)c1)C1CCCC1.I. The molecular weight excluding hydrogens is 482 g/mol. The molecule has 29 heavy (non-hydrogen) atoms. The number of hydrogen-bond acceptors (Lipinski definition) is 3. The average molecular weight is 520 g/mol. The molecule has 1 aromatic carbocycles. The smallest absolute Gasteiger partial charge is 0.191 e. The fourth-order valence-electron chi connectivity index (χ4n) is 3.94. The molecule has 0 aromatic heterocycles. The van der Waals surface area contributed by atoms with Gasteiger partial charge < -0.3 is 20.3 Å². The first-order valence-corrected chi connectivity index (χ1v) is 10.5. The van der Waals surface area contributed by atoms with E-state index in [4.69, 9.17) is 4.74 Å². The molecule has 1 atom stereocenters. The summed E-state index contributed by atoms with van der Waals surface area (Å²) in [6, 6.07) is 5.28. The number of guanidine groups is 1. The summed E-state index contributed by atoms with van der Waals surface area (Å²) in [6.45, 7) is 4.87.